The highest BCUT2D eigenvalue weighted by molar-refractivity contribution is 7.88. The number of hydrogen-bond acceptors (Lipinski definition) is 6. The van der Waals surface area contributed by atoms with E-state index in [4.69, 9.17) is 0 Å². The van der Waals surface area contributed by atoms with Crippen molar-refractivity contribution in [3.8, 4) is 0 Å². The van der Waals surface area contributed by atoms with Crippen LogP contribution in [-0.4, -0.2) is 99.7 Å². The SMILES string of the molecule is CN=C(NCCCN(C)CC(F)(F)F)N1CCN(S(=O)(=O)Cc2ccon2)CC1. The van der Waals surface area contributed by atoms with E-state index < -0.39 is 22.7 Å². The average Bonchev–Trinajstić information content (AvgIpc) is 3.13. The summed E-state index contributed by atoms with van der Waals surface area (Å²) in [7, 11) is -0.433. The molecule has 1 N–H and O–H groups in total. The molecule has 13 heteroatoms. The molecule has 2 heterocycles. The fraction of sp³-hybridized carbons (Fsp3) is 0.750. The van der Waals surface area contributed by atoms with Gasteiger partial charge < -0.3 is 14.7 Å². The molecule has 0 atom stereocenters. The molecule has 0 saturated carbocycles. The number of sulfonamides is 1. The molecule has 0 spiro atoms. The third kappa shape index (κ3) is 7.82. The first-order valence-electron chi connectivity index (χ1n) is 9.19. The van der Waals surface area contributed by atoms with Gasteiger partial charge in [0, 0.05) is 45.8 Å². The lowest BCUT2D eigenvalue weighted by molar-refractivity contribution is -0.143. The van der Waals surface area contributed by atoms with Crippen LogP contribution in [0.2, 0.25) is 0 Å². The van der Waals surface area contributed by atoms with Gasteiger partial charge in [-0.15, -0.1) is 0 Å². The first kappa shape index (κ1) is 23.4. The van der Waals surface area contributed by atoms with Crippen LogP contribution in [0.1, 0.15) is 12.1 Å². The lowest BCUT2D eigenvalue weighted by atomic mass is 10.3. The van der Waals surface area contributed by atoms with Crippen LogP contribution in [0.4, 0.5) is 13.2 Å². The van der Waals surface area contributed by atoms with E-state index in [2.05, 4.69) is 20.0 Å². The topological polar surface area (TPSA) is 94.3 Å². The number of nitrogens with one attached hydrogen (secondary N) is 1. The molecule has 1 saturated heterocycles. The van der Waals surface area contributed by atoms with Crippen LogP contribution in [0.5, 0.6) is 0 Å². The Kier molecular flexibility index (Phi) is 8.28. The van der Waals surface area contributed by atoms with Gasteiger partial charge >= 0.3 is 6.18 Å². The van der Waals surface area contributed by atoms with E-state index in [1.54, 1.807) is 7.05 Å². The van der Waals surface area contributed by atoms with Gasteiger partial charge in [-0.2, -0.15) is 17.5 Å². The molecule has 29 heavy (non-hydrogen) atoms. The number of nitrogens with zero attached hydrogens (tertiary/aromatic N) is 5. The van der Waals surface area contributed by atoms with Crippen molar-refractivity contribution in [2.75, 3.05) is 59.9 Å². The van der Waals surface area contributed by atoms with Crippen LogP contribution in [0.3, 0.4) is 0 Å². The molecule has 1 aliphatic rings. The van der Waals surface area contributed by atoms with Gasteiger partial charge in [0.25, 0.3) is 0 Å². The molecule has 0 unspecified atom stereocenters. The Morgan fingerprint density at radius 2 is 2.03 bits per heavy atom. The van der Waals surface area contributed by atoms with Crippen LogP contribution in [-0.2, 0) is 15.8 Å². The number of aliphatic imine (C=N–C) groups is 1. The standard InChI is InChI=1S/C16H27F3N6O3S/c1-20-15(21-5-3-6-23(2)13-16(17,18)19)24-7-9-25(10-8-24)29(26,27)12-14-4-11-28-22-14/h4,11H,3,5-10,12-13H2,1-2H3,(H,20,21). The normalized spacial score (nSPS) is 17.2. The van der Waals surface area contributed by atoms with Gasteiger partial charge in [0.05, 0.1) is 12.2 Å². The van der Waals surface area contributed by atoms with E-state index in [0.29, 0.717) is 57.3 Å². The minimum Gasteiger partial charge on any atom is -0.364 e. The third-order valence-corrected chi connectivity index (χ3v) is 6.23. The summed E-state index contributed by atoms with van der Waals surface area (Å²) in [6, 6.07) is 1.52. The predicted octanol–water partition coefficient (Wildman–Crippen LogP) is 0.582. The van der Waals surface area contributed by atoms with E-state index >= 15 is 0 Å². The number of alkyl halides is 3. The molecule has 0 aliphatic carbocycles. The highest BCUT2D eigenvalue weighted by Crippen LogP contribution is 2.15. The molecule has 0 aromatic carbocycles. The Hall–Kier alpha value is -1.86. The Morgan fingerprint density at radius 3 is 2.59 bits per heavy atom. The van der Waals surface area contributed by atoms with Gasteiger partial charge in [0.2, 0.25) is 10.0 Å². The third-order valence-electron chi connectivity index (χ3n) is 4.41. The Morgan fingerprint density at radius 1 is 1.34 bits per heavy atom. The van der Waals surface area contributed by atoms with E-state index in [9.17, 15) is 21.6 Å². The second kappa shape index (κ2) is 10.3. The molecule has 9 nitrogen and oxygen atoms in total. The number of piperazine rings is 1. The minimum absolute atomic E-state index is 0.206. The summed E-state index contributed by atoms with van der Waals surface area (Å²) in [5.41, 5.74) is 0.361. The molecule has 1 aromatic heterocycles. The van der Waals surface area contributed by atoms with Gasteiger partial charge in [-0.25, -0.2) is 8.42 Å². The van der Waals surface area contributed by atoms with Gasteiger partial charge in [0.15, 0.2) is 5.96 Å². The molecule has 1 aliphatic heterocycles. The van der Waals surface area contributed by atoms with Crippen LogP contribution in [0, 0.1) is 0 Å². The summed E-state index contributed by atoms with van der Waals surface area (Å²) in [4.78, 5) is 7.34. The van der Waals surface area contributed by atoms with Crippen LogP contribution < -0.4 is 5.32 Å². The smallest absolute Gasteiger partial charge is 0.364 e. The van der Waals surface area contributed by atoms with Gasteiger partial charge in [-0.05, 0) is 20.0 Å². The van der Waals surface area contributed by atoms with Crippen molar-refractivity contribution in [3.05, 3.63) is 18.0 Å². The molecule has 0 bridgehead atoms. The van der Waals surface area contributed by atoms with Crippen molar-refractivity contribution >= 4 is 16.0 Å². The quantitative estimate of drug-likeness (QED) is 0.359. The van der Waals surface area contributed by atoms with Gasteiger partial charge in [0.1, 0.15) is 12.0 Å². The summed E-state index contributed by atoms with van der Waals surface area (Å²) in [6.07, 6.45) is -2.34. The molecular weight excluding hydrogens is 413 g/mol. The maximum absolute atomic E-state index is 12.5. The van der Waals surface area contributed by atoms with Crippen LogP contribution in [0.15, 0.2) is 21.8 Å². The fourth-order valence-electron chi connectivity index (χ4n) is 3.03. The Labute approximate surface area is 168 Å². The van der Waals surface area contributed by atoms with Crippen molar-refractivity contribution in [3.63, 3.8) is 0 Å². The second-order valence-electron chi connectivity index (χ2n) is 6.81. The Balaban J connectivity index is 1.74. The van der Waals surface area contributed by atoms with E-state index in [-0.39, 0.29) is 5.75 Å². The molecular formula is C16H27F3N6O3S. The van der Waals surface area contributed by atoms with E-state index in [0.717, 1.165) is 0 Å². The lowest BCUT2D eigenvalue weighted by Crippen LogP contribution is -2.54. The molecule has 1 fully saturated rings. The molecule has 0 amide bonds. The molecule has 166 valence electrons. The van der Waals surface area contributed by atoms with Gasteiger partial charge in [-0.3, -0.25) is 9.89 Å². The highest BCUT2D eigenvalue weighted by Gasteiger charge is 2.30. The number of guanidine groups is 1. The van der Waals surface area contributed by atoms with Crippen LogP contribution >= 0.6 is 0 Å². The number of aromatic nitrogens is 1. The number of rotatable bonds is 8. The maximum Gasteiger partial charge on any atom is 0.401 e. The monoisotopic (exact) mass is 440 g/mol. The number of hydrogen-bond donors (Lipinski definition) is 1. The maximum atomic E-state index is 12.5. The van der Waals surface area contributed by atoms with Crippen molar-refractivity contribution in [1.29, 1.82) is 0 Å². The highest BCUT2D eigenvalue weighted by atomic mass is 32.2. The largest absolute Gasteiger partial charge is 0.401 e. The summed E-state index contributed by atoms with van der Waals surface area (Å²) in [5.74, 6) is 0.402. The van der Waals surface area contributed by atoms with Gasteiger partial charge in [-0.1, -0.05) is 5.16 Å². The van der Waals surface area contributed by atoms with Crippen molar-refractivity contribution in [1.82, 2.24) is 24.6 Å². The summed E-state index contributed by atoms with van der Waals surface area (Å²) in [5, 5.41) is 6.77. The molecule has 2 rings (SSSR count). The Bertz CT molecular complexity index is 746. The average molecular weight is 440 g/mol. The predicted molar refractivity (Wildman–Crippen MR) is 102 cm³/mol. The summed E-state index contributed by atoms with van der Waals surface area (Å²) in [6.45, 7) is 1.39. The zero-order valence-corrected chi connectivity index (χ0v) is 17.3. The zero-order chi connectivity index (χ0) is 21.5. The molecule has 0 radical (unpaired) electrons. The van der Waals surface area contributed by atoms with Crippen molar-refractivity contribution < 1.29 is 26.1 Å². The van der Waals surface area contributed by atoms with Crippen molar-refractivity contribution in [2.24, 2.45) is 4.99 Å². The first-order valence-corrected chi connectivity index (χ1v) is 10.8. The minimum atomic E-state index is -4.20. The number of halogens is 3. The van der Waals surface area contributed by atoms with Crippen LogP contribution in [0.25, 0.3) is 0 Å². The second-order valence-corrected chi connectivity index (χ2v) is 8.78. The van der Waals surface area contributed by atoms with E-state index in [1.807, 2.05) is 4.90 Å². The first-order chi connectivity index (χ1) is 13.6. The lowest BCUT2D eigenvalue weighted by Gasteiger charge is -2.35. The fourth-order valence-corrected chi connectivity index (χ4v) is 4.46. The molecule has 1 aromatic rings. The van der Waals surface area contributed by atoms with Crippen molar-refractivity contribution in [2.45, 2.75) is 18.3 Å². The summed E-state index contributed by atoms with van der Waals surface area (Å²) >= 11 is 0. The van der Waals surface area contributed by atoms with E-state index in [1.165, 1.54) is 28.6 Å². The zero-order valence-electron chi connectivity index (χ0n) is 16.5. The summed E-state index contributed by atoms with van der Waals surface area (Å²) < 4.78 is 68.0.